The number of anilines is 2. The number of hydrogen-bond donors (Lipinski definition) is 0. The van der Waals surface area contributed by atoms with E-state index in [1.165, 1.54) is 20.8 Å². The molecule has 3 rings (SSSR count). The molecule has 1 unspecified atom stereocenters. The standard InChI is InChI=1S/C16H18BrN3S/c1-19(2)11-5-7-13-15(9-11)21(17)16-10-12(20(3)4)6-8-14(16)18-13/h5-10H,1-4H3. The summed E-state index contributed by atoms with van der Waals surface area (Å²) in [6, 6.07) is 12.9. The van der Waals surface area contributed by atoms with Gasteiger partial charge in [0.2, 0.25) is 0 Å². The van der Waals surface area contributed by atoms with E-state index in [1.807, 2.05) is 0 Å². The van der Waals surface area contributed by atoms with Crippen LogP contribution in [0, 0.1) is 4.51 Å². The molecular formula is C16H18BrN3S. The van der Waals surface area contributed by atoms with E-state index < -0.39 is 0 Å². The molecule has 1 heterocycles. The van der Waals surface area contributed by atoms with Gasteiger partial charge in [-0.3, -0.25) is 0 Å². The Morgan fingerprint density at radius 2 is 1.52 bits per heavy atom. The van der Waals surface area contributed by atoms with E-state index in [0.717, 1.165) is 11.0 Å². The molecule has 0 aromatic heterocycles. The van der Waals surface area contributed by atoms with Crippen molar-refractivity contribution in [2.24, 2.45) is 4.99 Å². The van der Waals surface area contributed by atoms with Gasteiger partial charge in [-0.25, -0.2) is 4.99 Å². The first kappa shape index (κ1) is 14.6. The molecule has 0 aliphatic carbocycles. The molecule has 5 heteroatoms. The number of nitrogens with zero attached hydrogens (tertiary/aromatic N) is 3. The third-order valence-corrected chi connectivity index (χ3v) is 7.07. The van der Waals surface area contributed by atoms with Gasteiger partial charge in [-0.1, -0.05) is 8.92 Å². The lowest BCUT2D eigenvalue weighted by Crippen LogP contribution is -2.13. The number of halogens is 1. The van der Waals surface area contributed by atoms with Crippen LogP contribution < -0.4 is 15.2 Å². The van der Waals surface area contributed by atoms with Gasteiger partial charge in [0.05, 0.1) is 11.0 Å². The quantitative estimate of drug-likeness (QED) is 0.751. The normalized spacial score (nSPS) is 15.8. The molecular weight excluding hydrogens is 346 g/mol. The van der Waals surface area contributed by atoms with Crippen LogP contribution in [0.3, 0.4) is 0 Å². The minimum atomic E-state index is -0.128. The minimum Gasteiger partial charge on any atom is -0.378 e. The Kier molecular flexibility index (Phi) is 3.80. The van der Waals surface area contributed by atoms with Gasteiger partial charge >= 0.3 is 0 Å². The van der Waals surface area contributed by atoms with Gasteiger partial charge in [0.1, 0.15) is 0 Å². The molecule has 1 aliphatic rings. The van der Waals surface area contributed by atoms with Gasteiger partial charge in [0.15, 0.2) is 0 Å². The Morgan fingerprint density at radius 3 is 2.19 bits per heavy atom. The smallest absolute Gasteiger partial charge is 0.0778 e. The molecule has 1 atom stereocenters. The summed E-state index contributed by atoms with van der Waals surface area (Å²) in [5, 5.41) is 1.06. The highest BCUT2D eigenvalue weighted by molar-refractivity contribution is 9.52. The zero-order valence-corrected chi connectivity index (χ0v) is 15.0. The Bertz CT molecular complexity index is 828. The van der Waals surface area contributed by atoms with Gasteiger partial charge in [-0.05, 0) is 51.2 Å². The van der Waals surface area contributed by atoms with Gasteiger partial charge in [0.25, 0.3) is 0 Å². The van der Waals surface area contributed by atoms with Crippen LogP contribution in [-0.4, -0.2) is 28.2 Å². The molecule has 0 bridgehead atoms. The monoisotopic (exact) mass is 363 g/mol. The fraction of sp³-hybridized carbons (Fsp3) is 0.250. The summed E-state index contributed by atoms with van der Waals surface area (Å²) in [7, 11) is 8.12. The Hall–Kier alpha value is -1.33. The Balaban J connectivity index is 2.27. The van der Waals surface area contributed by atoms with Crippen LogP contribution in [0.2, 0.25) is 0 Å². The lowest BCUT2D eigenvalue weighted by atomic mass is 10.2. The van der Waals surface area contributed by atoms with Crippen LogP contribution >= 0.6 is 23.7 Å². The van der Waals surface area contributed by atoms with Crippen molar-refractivity contribution in [1.82, 2.24) is 0 Å². The SMILES string of the molecule is CN(C)c1ccc2c(c1)S(Br)=c1cc(N(C)C)ccc1=N2. The first-order valence-electron chi connectivity index (χ1n) is 6.72. The average Bonchev–Trinajstić information content (AvgIpc) is 2.46. The van der Waals surface area contributed by atoms with Crippen LogP contribution in [0.15, 0.2) is 46.3 Å². The number of rotatable bonds is 2. The highest BCUT2D eigenvalue weighted by Crippen LogP contribution is 2.45. The molecule has 0 radical (unpaired) electrons. The molecule has 3 nitrogen and oxygen atoms in total. The largest absolute Gasteiger partial charge is 0.378 e. The molecule has 110 valence electrons. The summed E-state index contributed by atoms with van der Waals surface area (Å²) in [5.41, 5.74) is 3.46. The van der Waals surface area contributed by atoms with Crippen molar-refractivity contribution in [3.8, 4) is 0 Å². The first-order chi connectivity index (χ1) is 9.97. The van der Waals surface area contributed by atoms with E-state index in [4.69, 9.17) is 4.99 Å². The van der Waals surface area contributed by atoms with Gasteiger partial charge < -0.3 is 9.80 Å². The predicted molar refractivity (Wildman–Crippen MR) is 96.0 cm³/mol. The van der Waals surface area contributed by atoms with E-state index in [9.17, 15) is 0 Å². The molecule has 0 fully saturated rings. The van der Waals surface area contributed by atoms with E-state index in [1.54, 1.807) is 0 Å². The minimum absolute atomic E-state index is 0.128. The molecule has 2 aromatic rings. The van der Waals surface area contributed by atoms with E-state index in [2.05, 4.69) is 89.2 Å². The van der Waals surface area contributed by atoms with Crippen LogP contribution in [0.25, 0.3) is 0 Å². The molecule has 0 saturated heterocycles. The van der Waals surface area contributed by atoms with Crippen molar-refractivity contribution in [3.05, 3.63) is 46.3 Å². The number of benzene rings is 2. The van der Waals surface area contributed by atoms with E-state index >= 15 is 0 Å². The van der Waals surface area contributed by atoms with Crippen molar-refractivity contribution in [3.63, 3.8) is 0 Å². The molecule has 1 aliphatic heterocycles. The topological polar surface area (TPSA) is 18.8 Å². The van der Waals surface area contributed by atoms with Crippen molar-refractivity contribution < 1.29 is 0 Å². The molecule has 0 N–H and O–H groups in total. The second-order valence-electron chi connectivity index (χ2n) is 5.46. The lowest BCUT2D eigenvalue weighted by Gasteiger charge is -2.18. The Labute approximate surface area is 135 Å². The number of fused-ring (bicyclic) bond motifs is 2. The molecule has 0 amide bonds. The molecule has 2 aromatic carbocycles. The third kappa shape index (κ3) is 2.60. The van der Waals surface area contributed by atoms with Gasteiger partial charge in [-0.15, -0.1) is 0 Å². The molecule has 0 saturated carbocycles. The van der Waals surface area contributed by atoms with E-state index in [0.29, 0.717) is 0 Å². The van der Waals surface area contributed by atoms with Crippen LogP contribution in [0.5, 0.6) is 0 Å². The van der Waals surface area contributed by atoms with Gasteiger partial charge in [0, 0.05) is 49.0 Å². The Morgan fingerprint density at radius 1 is 0.905 bits per heavy atom. The lowest BCUT2D eigenvalue weighted by molar-refractivity contribution is 1.11. The third-order valence-electron chi connectivity index (χ3n) is 3.55. The van der Waals surface area contributed by atoms with Crippen LogP contribution in [0.4, 0.5) is 17.1 Å². The predicted octanol–water partition coefficient (Wildman–Crippen LogP) is 3.97. The zero-order chi connectivity index (χ0) is 15.1. The first-order valence-corrected chi connectivity index (χ1v) is 9.79. The fourth-order valence-electron chi connectivity index (χ4n) is 2.28. The highest BCUT2D eigenvalue weighted by atomic mass is 79.9. The summed E-state index contributed by atoms with van der Waals surface area (Å²) in [4.78, 5) is 10.3. The summed E-state index contributed by atoms with van der Waals surface area (Å²) >= 11 is 3.88. The van der Waals surface area contributed by atoms with Gasteiger partial charge in [-0.2, -0.15) is 0 Å². The summed E-state index contributed by atoms with van der Waals surface area (Å²) < 4.78 is 1.25. The van der Waals surface area contributed by atoms with E-state index in [-0.39, 0.29) is 8.92 Å². The maximum atomic E-state index is 4.80. The zero-order valence-electron chi connectivity index (χ0n) is 12.6. The molecule has 21 heavy (non-hydrogen) atoms. The van der Waals surface area contributed by atoms with Crippen molar-refractivity contribution >= 4 is 40.8 Å². The summed E-state index contributed by atoms with van der Waals surface area (Å²) in [6.07, 6.45) is 0. The van der Waals surface area contributed by atoms with Crippen molar-refractivity contribution in [2.75, 3.05) is 38.0 Å². The van der Waals surface area contributed by atoms with Crippen LogP contribution in [-0.2, 0) is 0 Å². The number of hydrogen-bond acceptors (Lipinski definition) is 3. The fourth-order valence-corrected chi connectivity index (χ4v) is 5.12. The maximum Gasteiger partial charge on any atom is 0.0778 e. The second-order valence-corrected chi connectivity index (χ2v) is 8.80. The maximum absolute atomic E-state index is 4.80. The van der Waals surface area contributed by atoms with Crippen molar-refractivity contribution in [2.45, 2.75) is 4.90 Å². The highest BCUT2D eigenvalue weighted by Gasteiger charge is 2.13. The second kappa shape index (κ2) is 5.46. The average molecular weight is 364 g/mol. The van der Waals surface area contributed by atoms with Crippen molar-refractivity contribution in [1.29, 1.82) is 0 Å². The van der Waals surface area contributed by atoms with Crippen LogP contribution in [0.1, 0.15) is 0 Å². The molecule has 0 spiro atoms. The summed E-state index contributed by atoms with van der Waals surface area (Å²) in [5.74, 6) is 0. The summed E-state index contributed by atoms with van der Waals surface area (Å²) in [6.45, 7) is 0.